The molecule has 19 heavy (non-hydrogen) atoms. The van der Waals surface area contributed by atoms with Gasteiger partial charge in [-0.1, -0.05) is 54.8 Å². The maximum atomic E-state index is 12.0. The number of benzene rings is 1. The molecule has 0 aliphatic heterocycles. The van der Waals surface area contributed by atoms with E-state index in [0.717, 1.165) is 30.2 Å². The maximum Gasteiger partial charge on any atom is 0.240 e. The Balaban J connectivity index is 2.46. The van der Waals surface area contributed by atoms with E-state index in [1.807, 2.05) is 12.1 Å². The van der Waals surface area contributed by atoms with Gasteiger partial charge in [0.1, 0.15) is 0 Å². The summed E-state index contributed by atoms with van der Waals surface area (Å²) in [6.45, 7) is 4.86. The van der Waals surface area contributed by atoms with Crippen LogP contribution < -0.4 is 4.72 Å². The Kier molecular flexibility index (Phi) is 7.04. The largest absolute Gasteiger partial charge is 0.240 e. The number of sulfonamides is 1. The summed E-state index contributed by atoms with van der Waals surface area (Å²) in [5.41, 5.74) is 1.07. The van der Waals surface area contributed by atoms with Gasteiger partial charge in [-0.25, -0.2) is 13.1 Å². The molecule has 5 heteroatoms. The van der Waals surface area contributed by atoms with Crippen LogP contribution in [0.4, 0.5) is 0 Å². The minimum absolute atomic E-state index is 0.334. The molecule has 1 aromatic rings. The Morgan fingerprint density at radius 3 is 2.32 bits per heavy atom. The molecule has 1 rings (SSSR count). The summed E-state index contributed by atoms with van der Waals surface area (Å²) in [7, 11) is -3.35. The highest BCUT2D eigenvalue weighted by atomic mass is 79.9. The van der Waals surface area contributed by atoms with E-state index in [4.69, 9.17) is 0 Å². The van der Waals surface area contributed by atoms with Crippen molar-refractivity contribution in [3.8, 4) is 0 Å². The van der Waals surface area contributed by atoms with Crippen LogP contribution in [0.15, 0.2) is 29.2 Å². The third kappa shape index (κ3) is 6.06. The number of halogens is 1. The molecule has 0 saturated heterocycles. The van der Waals surface area contributed by atoms with Crippen LogP contribution in [-0.4, -0.2) is 15.0 Å². The standard InChI is InChI=1S/C14H22BrNO2S/c1-12(2)5-3-4-10-16-19(17,18)14-8-6-13(11-15)7-9-14/h6-9,12,16H,3-5,10-11H2,1-2H3. The van der Waals surface area contributed by atoms with Crippen molar-refractivity contribution in [2.24, 2.45) is 5.92 Å². The van der Waals surface area contributed by atoms with Crippen LogP contribution in [0, 0.1) is 5.92 Å². The van der Waals surface area contributed by atoms with Gasteiger partial charge in [0.05, 0.1) is 4.90 Å². The third-order valence-corrected chi connectivity index (χ3v) is 5.01. The molecule has 108 valence electrons. The second-order valence-electron chi connectivity index (χ2n) is 5.06. The van der Waals surface area contributed by atoms with Crippen LogP contribution >= 0.6 is 15.9 Å². The summed E-state index contributed by atoms with van der Waals surface area (Å²) < 4.78 is 26.7. The van der Waals surface area contributed by atoms with E-state index in [1.165, 1.54) is 0 Å². The Hall–Kier alpha value is -0.390. The van der Waals surface area contributed by atoms with E-state index in [1.54, 1.807) is 12.1 Å². The topological polar surface area (TPSA) is 46.2 Å². The summed E-state index contributed by atoms with van der Waals surface area (Å²) >= 11 is 3.34. The molecule has 0 spiro atoms. The van der Waals surface area contributed by atoms with Crippen molar-refractivity contribution >= 4 is 26.0 Å². The second kappa shape index (κ2) is 8.02. The van der Waals surface area contributed by atoms with Gasteiger partial charge < -0.3 is 0 Å². The molecule has 3 nitrogen and oxygen atoms in total. The van der Waals surface area contributed by atoms with Gasteiger partial charge in [0, 0.05) is 11.9 Å². The summed E-state index contributed by atoms with van der Waals surface area (Å²) in [5, 5.41) is 0.732. The Labute approximate surface area is 125 Å². The molecule has 0 amide bonds. The van der Waals surface area contributed by atoms with Crippen molar-refractivity contribution in [2.45, 2.75) is 43.3 Å². The monoisotopic (exact) mass is 347 g/mol. The highest BCUT2D eigenvalue weighted by Crippen LogP contribution is 2.13. The zero-order valence-electron chi connectivity index (χ0n) is 11.5. The van der Waals surface area contributed by atoms with Gasteiger partial charge in [0.15, 0.2) is 0 Å². The average Bonchev–Trinajstić information content (AvgIpc) is 2.38. The summed E-state index contributed by atoms with van der Waals surface area (Å²) in [6.07, 6.45) is 3.08. The molecule has 0 bridgehead atoms. The number of hydrogen-bond acceptors (Lipinski definition) is 2. The predicted molar refractivity (Wildman–Crippen MR) is 83.0 cm³/mol. The van der Waals surface area contributed by atoms with Crippen molar-refractivity contribution in [3.63, 3.8) is 0 Å². The zero-order valence-corrected chi connectivity index (χ0v) is 13.9. The van der Waals surface area contributed by atoms with Crippen molar-refractivity contribution in [1.82, 2.24) is 4.72 Å². The molecule has 0 aliphatic carbocycles. The van der Waals surface area contributed by atoms with E-state index in [0.29, 0.717) is 17.4 Å². The number of nitrogens with one attached hydrogen (secondary N) is 1. The zero-order chi connectivity index (χ0) is 14.3. The molecular weight excluding hydrogens is 326 g/mol. The quantitative estimate of drug-likeness (QED) is 0.575. The lowest BCUT2D eigenvalue weighted by molar-refractivity contribution is 0.530. The van der Waals surface area contributed by atoms with Gasteiger partial charge in [0.2, 0.25) is 10.0 Å². The lowest BCUT2D eigenvalue weighted by Gasteiger charge is -2.08. The highest BCUT2D eigenvalue weighted by Gasteiger charge is 2.12. The van der Waals surface area contributed by atoms with Gasteiger partial charge in [-0.3, -0.25) is 0 Å². The van der Waals surface area contributed by atoms with Crippen molar-refractivity contribution in [3.05, 3.63) is 29.8 Å². The van der Waals surface area contributed by atoms with Crippen LogP contribution in [0.2, 0.25) is 0 Å². The maximum absolute atomic E-state index is 12.0. The van der Waals surface area contributed by atoms with E-state index < -0.39 is 10.0 Å². The number of rotatable bonds is 8. The minimum Gasteiger partial charge on any atom is -0.211 e. The van der Waals surface area contributed by atoms with Gasteiger partial charge in [-0.15, -0.1) is 0 Å². The Bertz CT molecular complexity index is 469. The van der Waals surface area contributed by atoms with Crippen molar-refractivity contribution < 1.29 is 8.42 Å². The molecule has 0 saturated carbocycles. The van der Waals surface area contributed by atoms with Crippen LogP contribution in [-0.2, 0) is 15.4 Å². The average molecular weight is 348 g/mol. The summed E-state index contributed by atoms with van der Waals surface area (Å²) in [5.74, 6) is 0.674. The fraction of sp³-hybridized carbons (Fsp3) is 0.571. The van der Waals surface area contributed by atoms with Crippen LogP contribution in [0.5, 0.6) is 0 Å². The van der Waals surface area contributed by atoms with E-state index in [2.05, 4.69) is 34.5 Å². The first-order valence-corrected chi connectivity index (χ1v) is 9.20. The smallest absolute Gasteiger partial charge is 0.211 e. The fourth-order valence-corrected chi connectivity index (χ4v) is 3.17. The van der Waals surface area contributed by atoms with E-state index in [-0.39, 0.29) is 0 Å². The van der Waals surface area contributed by atoms with Crippen LogP contribution in [0.1, 0.15) is 38.7 Å². The predicted octanol–water partition coefficient (Wildman–Crippen LogP) is 3.69. The number of alkyl halides is 1. The first kappa shape index (κ1) is 16.7. The van der Waals surface area contributed by atoms with Crippen molar-refractivity contribution in [1.29, 1.82) is 0 Å². The Morgan fingerprint density at radius 2 is 1.79 bits per heavy atom. The van der Waals surface area contributed by atoms with Gasteiger partial charge in [0.25, 0.3) is 0 Å². The molecule has 1 N–H and O–H groups in total. The fourth-order valence-electron chi connectivity index (χ4n) is 1.73. The first-order valence-electron chi connectivity index (χ1n) is 6.60. The highest BCUT2D eigenvalue weighted by molar-refractivity contribution is 9.08. The number of hydrogen-bond donors (Lipinski definition) is 1. The minimum atomic E-state index is -3.35. The molecule has 0 aliphatic rings. The third-order valence-electron chi connectivity index (χ3n) is 2.89. The lowest BCUT2D eigenvalue weighted by Crippen LogP contribution is -2.24. The lowest BCUT2D eigenvalue weighted by atomic mass is 10.1. The molecule has 0 atom stereocenters. The summed E-state index contributed by atoms with van der Waals surface area (Å²) in [6, 6.07) is 6.93. The number of unbranched alkanes of at least 4 members (excludes halogenated alkanes) is 1. The van der Waals surface area contributed by atoms with Gasteiger partial charge in [-0.2, -0.15) is 0 Å². The molecular formula is C14H22BrNO2S. The molecule has 0 radical (unpaired) electrons. The van der Waals surface area contributed by atoms with Crippen molar-refractivity contribution in [2.75, 3.05) is 6.54 Å². The molecule has 0 aromatic heterocycles. The molecule has 0 fully saturated rings. The second-order valence-corrected chi connectivity index (χ2v) is 7.39. The SMILES string of the molecule is CC(C)CCCCNS(=O)(=O)c1ccc(CBr)cc1. The molecule has 0 heterocycles. The van der Waals surface area contributed by atoms with Gasteiger partial charge >= 0.3 is 0 Å². The van der Waals surface area contributed by atoms with Crippen LogP contribution in [0.25, 0.3) is 0 Å². The summed E-state index contributed by atoms with van der Waals surface area (Å²) in [4.78, 5) is 0.334. The van der Waals surface area contributed by atoms with E-state index >= 15 is 0 Å². The van der Waals surface area contributed by atoms with Crippen LogP contribution in [0.3, 0.4) is 0 Å². The Morgan fingerprint density at radius 1 is 1.16 bits per heavy atom. The molecule has 1 aromatic carbocycles. The first-order chi connectivity index (χ1) is 8.95. The molecule has 0 unspecified atom stereocenters. The normalized spacial score (nSPS) is 12.0. The van der Waals surface area contributed by atoms with Gasteiger partial charge in [-0.05, 0) is 30.0 Å². The van der Waals surface area contributed by atoms with E-state index in [9.17, 15) is 8.42 Å².